The van der Waals surface area contributed by atoms with E-state index in [9.17, 15) is 13.6 Å². The van der Waals surface area contributed by atoms with Crippen LogP contribution in [0.3, 0.4) is 0 Å². The van der Waals surface area contributed by atoms with Gasteiger partial charge in [-0.2, -0.15) is 0 Å². The van der Waals surface area contributed by atoms with Crippen molar-refractivity contribution in [1.82, 2.24) is 4.90 Å². The number of carbonyl (C=O) groups is 1. The van der Waals surface area contributed by atoms with E-state index in [2.05, 4.69) is 12.2 Å². The Balaban J connectivity index is 2.40. The monoisotopic (exact) mass is 270 g/mol. The molecule has 0 saturated carbocycles. The van der Waals surface area contributed by atoms with E-state index in [0.717, 1.165) is 37.6 Å². The highest BCUT2D eigenvalue weighted by molar-refractivity contribution is 5.90. The van der Waals surface area contributed by atoms with Gasteiger partial charge in [0, 0.05) is 19.0 Å². The van der Waals surface area contributed by atoms with Crippen LogP contribution in [0.4, 0.5) is 14.5 Å². The summed E-state index contributed by atoms with van der Waals surface area (Å²) >= 11 is 0. The molecule has 0 unspecified atom stereocenters. The first-order valence-corrected chi connectivity index (χ1v) is 6.46. The van der Waals surface area contributed by atoms with Crippen LogP contribution in [0, 0.1) is 11.6 Å². The Kier molecular flexibility index (Phi) is 6.42. The molecule has 1 aromatic carbocycles. The Morgan fingerprint density at radius 2 is 2.05 bits per heavy atom. The van der Waals surface area contributed by atoms with Crippen LogP contribution in [0.5, 0.6) is 0 Å². The normalized spacial score (nSPS) is 10.8. The van der Waals surface area contributed by atoms with Crippen LogP contribution in [0.1, 0.15) is 26.2 Å². The zero-order valence-electron chi connectivity index (χ0n) is 11.4. The summed E-state index contributed by atoms with van der Waals surface area (Å²) < 4.78 is 26.2. The number of anilines is 1. The van der Waals surface area contributed by atoms with E-state index in [1.165, 1.54) is 0 Å². The molecule has 0 radical (unpaired) electrons. The van der Waals surface area contributed by atoms with Crippen LogP contribution in [-0.4, -0.2) is 30.9 Å². The van der Waals surface area contributed by atoms with E-state index >= 15 is 0 Å². The lowest BCUT2D eigenvalue weighted by molar-refractivity contribution is -0.116. The highest BCUT2D eigenvalue weighted by Crippen LogP contribution is 2.15. The van der Waals surface area contributed by atoms with Crippen molar-refractivity contribution in [2.45, 2.75) is 26.2 Å². The van der Waals surface area contributed by atoms with E-state index in [0.29, 0.717) is 6.54 Å². The second-order valence-corrected chi connectivity index (χ2v) is 4.58. The molecule has 0 bridgehead atoms. The van der Waals surface area contributed by atoms with Gasteiger partial charge >= 0.3 is 0 Å². The third-order valence-corrected chi connectivity index (χ3v) is 2.82. The van der Waals surface area contributed by atoms with Gasteiger partial charge in [-0.05, 0) is 32.1 Å². The number of rotatable bonds is 7. The molecule has 1 N–H and O–H groups in total. The molecule has 0 atom stereocenters. The number of amides is 1. The molecule has 0 aliphatic heterocycles. The Bertz CT molecular complexity index is 424. The summed E-state index contributed by atoms with van der Waals surface area (Å²) in [4.78, 5) is 13.7. The average molecular weight is 270 g/mol. The summed E-state index contributed by atoms with van der Waals surface area (Å²) in [6.45, 7) is 3.63. The fraction of sp³-hybridized carbons (Fsp3) is 0.500. The summed E-state index contributed by atoms with van der Waals surface area (Å²) in [5.41, 5.74) is -0.110. The zero-order valence-corrected chi connectivity index (χ0v) is 11.4. The molecule has 0 fully saturated rings. The lowest BCUT2D eigenvalue weighted by atomic mass is 10.2. The van der Waals surface area contributed by atoms with Gasteiger partial charge in [-0.25, -0.2) is 8.78 Å². The zero-order chi connectivity index (χ0) is 14.3. The first-order chi connectivity index (χ1) is 9.02. The molecule has 0 saturated heterocycles. The lowest BCUT2D eigenvalue weighted by Crippen LogP contribution is -2.25. The SMILES string of the molecule is CCCCN(C)CCC(=O)Nc1cc(F)ccc1F. The minimum Gasteiger partial charge on any atom is -0.323 e. The van der Waals surface area contributed by atoms with E-state index < -0.39 is 11.6 Å². The predicted molar refractivity (Wildman–Crippen MR) is 72.0 cm³/mol. The highest BCUT2D eigenvalue weighted by Gasteiger charge is 2.09. The van der Waals surface area contributed by atoms with Crippen molar-refractivity contribution in [1.29, 1.82) is 0 Å². The van der Waals surface area contributed by atoms with Gasteiger partial charge in [0.1, 0.15) is 11.6 Å². The molecule has 0 heterocycles. The van der Waals surface area contributed by atoms with Crippen LogP contribution in [0.15, 0.2) is 18.2 Å². The summed E-state index contributed by atoms with van der Waals surface area (Å²) in [7, 11) is 1.94. The van der Waals surface area contributed by atoms with Gasteiger partial charge in [-0.15, -0.1) is 0 Å². The lowest BCUT2D eigenvalue weighted by Gasteiger charge is -2.15. The summed E-state index contributed by atoms with van der Waals surface area (Å²) in [6.07, 6.45) is 2.44. The highest BCUT2D eigenvalue weighted by atomic mass is 19.1. The maximum Gasteiger partial charge on any atom is 0.225 e. The molecule has 19 heavy (non-hydrogen) atoms. The Hall–Kier alpha value is -1.49. The first kappa shape index (κ1) is 15.6. The van der Waals surface area contributed by atoms with Crippen molar-refractivity contribution in [3.8, 4) is 0 Å². The quantitative estimate of drug-likeness (QED) is 0.826. The van der Waals surface area contributed by atoms with Gasteiger partial charge in [0.2, 0.25) is 5.91 Å². The Morgan fingerprint density at radius 3 is 2.74 bits per heavy atom. The first-order valence-electron chi connectivity index (χ1n) is 6.46. The van der Waals surface area contributed by atoms with E-state index in [1.54, 1.807) is 0 Å². The predicted octanol–water partition coefficient (Wildman–Crippen LogP) is 3.03. The van der Waals surface area contributed by atoms with Crippen LogP contribution in [0.25, 0.3) is 0 Å². The third kappa shape index (κ3) is 5.79. The van der Waals surface area contributed by atoms with Gasteiger partial charge < -0.3 is 10.2 Å². The number of carbonyl (C=O) groups excluding carboxylic acids is 1. The molecule has 0 aliphatic rings. The van der Waals surface area contributed by atoms with Crippen molar-refractivity contribution in [3.05, 3.63) is 29.8 Å². The second kappa shape index (κ2) is 7.84. The van der Waals surface area contributed by atoms with Crippen molar-refractivity contribution in [2.75, 3.05) is 25.5 Å². The van der Waals surface area contributed by atoms with Crippen LogP contribution >= 0.6 is 0 Å². The van der Waals surface area contributed by atoms with Gasteiger partial charge in [0.05, 0.1) is 5.69 Å². The minimum atomic E-state index is -0.630. The van der Waals surface area contributed by atoms with Crippen LogP contribution < -0.4 is 5.32 Å². The molecule has 1 amide bonds. The molecular formula is C14H20F2N2O. The van der Waals surface area contributed by atoms with Crippen molar-refractivity contribution in [2.24, 2.45) is 0 Å². The van der Waals surface area contributed by atoms with Gasteiger partial charge in [0.25, 0.3) is 0 Å². The Labute approximate surface area is 112 Å². The number of unbranched alkanes of at least 4 members (excludes halogenated alkanes) is 1. The second-order valence-electron chi connectivity index (χ2n) is 4.58. The van der Waals surface area contributed by atoms with Gasteiger partial charge in [-0.3, -0.25) is 4.79 Å². The van der Waals surface area contributed by atoms with E-state index in [4.69, 9.17) is 0 Å². The number of halogens is 2. The van der Waals surface area contributed by atoms with Crippen molar-refractivity contribution >= 4 is 11.6 Å². The van der Waals surface area contributed by atoms with Crippen molar-refractivity contribution in [3.63, 3.8) is 0 Å². The van der Waals surface area contributed by atoms with Crippen molar-refractivity contribution < 1.29 is 13.6 Å². The minimum absolute atomic E-state index is 0.110. The molecule has 0 aliphatic carbocycles. The fourth-order valence-electron chi connectivity index (χ4n) is 1.64. The summed E-state index contributed by atoms with van der Waals surface area (Å²) in [6, 6.07) is 3.00. The maximum atomic E-state index is 13.3. The van der Waals surface area contributed by atoms with Gasteiger partial charge in [0.15, 0.2) is 0 Å². The molecular weight excluding hydrogens is 250 g/mol. The van der Waals surface area contributed by atoms with Gasteiger partial charge in [-0.1, -0.05) is 13.3 Å². The largest absolute Gasteiger partial charge is 0.323 e. The van der Waals surface area contributed by atoms with Crippen LogP contribution in [-0.2, 0) is 4.79 Å². The molecule has 1 rings (SSSR count). The molecule has 3 nitrogen and oxygen atoms in total. The van der Waals surface area contributed by atoms with E-state index in [1.807, 2.05) is 11.9 Å². The topological polar surface area (TPSA) is 32.3 Å². The standard InChI is InChI=1S/C14H20F2N2O/c1-3-4-8-18(2)9-7-14(19)17-13-10-11(15)5-6-12(13)16/h5-6,10H,3-4,7-9H2,1-2H3,(H,17,19). The van der Waals surface area contributed by atoms with Crippen LogP contribution in [0.2, 0.25) is 0 Å². The number of hydrogen-bond acceptors (Lipinski definition) is 2. The molecule has 0 spiro atoms. The van der Waals surface area contributed by atoms with E-state index in [-0.39, 0.29) is 18.0 Å². The molecule has 5 heteroatoms. The summed E-state index contributed by atoms with van der Waals surface area (Å²) in [5.74, 6) is -1.52. The average Bonchev–Trinajstić information content (AvgIpc) is 2.38. The Morgan fingerprint density at radius 1 is 1.32 bits per heavy atom. The molecule has 0 aromatic heterocycles. The number of nitrogens with zero attached hydrogens (tertiary/aromatic N) is 1. The molecule has 106 valence electrons. The third-order valence-electron chi connectivity index (χ3n) is 2.82. The maximum absolute atomic E-state index is 13.3. The smallest absolute Gasteiger partial charge is 0.225 e. The number of benzene rings is 1. The fourth-order valence-corrected chi connectivity index (χ4v) is 1.64. The number of hydrogen-bond donors (Lipinski definition) is 1. The molecule has 1 aromatic rings. The number of nitrogens with one attached hydrogen (secondary N) is 1. The summed E-state index contributed by atoms with van der Waals surface area (Å²) in [5, 5.41) is 2.38.